The summed E-state index contributed by atoms with van der Waals surface area (Å²) in [4.78, 5) is 22.0. The lowest BCUT2D eigenvalue weighted by atomic mass is 10.2. The molecule has 1 aliphatic rings. The van der Waals surface area contributed by atoms with E-state index in [1.807, 2.05) is 30.3 Å². The van der Waals surface area contributed by atoms with Gasteiger partial charge >= 0.3 is 0 Å². The largest absolute Gasteiger partial charge is 0.497 e. The minimum atomic E-state index is -0.157. The van der Waals surface area contributed by atoms with Crippen molar-refractivity contribution in [3.8, 4) is 17.2 Å². The van der Waals surface area contributed by atoms with Crippen molar-refractivity contribution >= 4 is 51.2 Å². The van der Waals surface area contributed by atoms with Gasteiger partial charge in [-0.15, -0.1) is 0 Å². The summed E-state index contributed by atoms with van der Waals surface area (Å²) < 4.78 is 16.5. The molecule has 1 saturated carbocycles. The first-order valence-electron chi connectivity index (χ1n) is 9.99. The Balaban J connectivity index is 1.69. The molecule has 4 rings (SSSR count). The zero-order valence-electron chi connectivity index (χ0n) is 18.0. The van der Waals surface area contributed by atoms with Gasteiger partial charge in [-0.2, -0.15) is 4.98 Å². The molecule has 2 atom stereocenters. The number of nitrogens with two attached hydrogens (primary N) is 1. The Bertz CT molecular complexity index is 1160. The highest BCUT2D eigenvalue weighted by Gasteiger charge is 2.43. The number of nitrogens with one attached hydrogen (secondary N) is 1. The maximum atomic E-state index is 12.8. The van der Waals surface area contributed by atoms with E-state index < -0.39 is 0 Å². The zero-order chi connectivity index (χ0) is 22.8. The molecule has 1 amide bonds. The number of nitrogens with zero attached hydrogens (tertiary/aromatic N) is 3. The van der Waals surface area contributed by atoms with E-state index in [4.69, 9.17) is 20.1 Å². The number of para-hydroxylation sites is 1. The molecule has 1 aliphatic carbocycles. The maximum Gasteiger partial charge on any atom is 0.246 e. The van der Waals surface area contributed by atoms with Crippen molar-refractivity contribution in [3.05, 3.63) is 42.0 Å². The first kappa shape index (κ1) is 22.3. The van der Waals surface area contributed by atoms with Crippen LogP contribution in [0.4, 0.5) is 11.8 Å². The lowest BCUT2D eigenvalue weighted by Gasteiger charge is -2.19. The minimum absolute atomic E-state index is 0.0869. The number of halogens is 1. The SMILES string of the molecule is COc1ccc(CNc2nc(N(N)C(=O)C3CC3I)c3cccc(OC)c3n2)c(OC)c1. The molecule has 1 heterocycles. The van der Waals surface area contributed by atoms with Gasteiger partial charge in [-0.25, -0.2) is 15.8 Å². The van der Waals surface area contributed by atoms with Crippen LogP contribution in [0.1, 0.15) is 12.0 Å². The first-order chi connectivity index (χ1) is 15.5. The number of rotatable bonds is 8. The zero-order valence-corrected chi connectivity index (χ0v) is 20.1. The van der Waals surface area contributed by atoms with Gasteiger partial charge in [-0.05, 0) is 30.7 Å². The van der Waals surface area contributed by atoms with E-state index in [0.29, 0.717) is 50.4 Å². The molecule has 10 heteroatoms. The number of carbonyl (C=O) groups excluding carboxylic acids is 1. The second-order valence-corrected chi connectivity index (χ2v) is 8.92. The number of aromatic nitrogens is 2. The molecule has 0 bridgehead atoms. The van der Waals surface area contributed by atoms with Gasteiger partial charge in [-0.3, -0.25) is 4.79 Å². The molecule has 1 fully saturated rings. The highest BCUT2D eigenvalue weighted by atomic mass is 127. The van der Waals surface area contributed by atoms with Crippen molar-refractivity contribution < 1.29 is 19.0 Å². The van der Waals surface area contributed by atoms with Crippen LogP contribution in [0.15, 0.2) is 36.4 Å². The quantitative estimate of drug-likeness (QED) is 0.145. The standard InChI is InChI=1S/C22H24IN5O4/c1-30-13-8-7-12(18(9-13)32-3)11-25-22-26-19-14(5-4-6-17(19)31-2)20(27-22)28(24)21(29)15-10-16(15)23/h4-9,15-16H,10-11,24H2,1-3H3,(H,25,26,27). The summed E-state index contributed by atoms with van der Waals surface area (Å²) in [6.45, 7) is 0.393. The Labute approximate surface area is 199 Å². The number of carbonyl (C=O) groups is 1. The highest BCUT2D eigenvalue weighted by molar-refractivity contribution is 14.1. The molecule has 0 radical (unpaired) electrons. The molecule has 0 saturated heterocycles. The Morgan fingerprint density at radius 2 is 1.91 bits per heavy atom. The average molecular weight is 549 g/mol. The van der Waals surface area contributed by atoms with Gasteiger partial charge in [0.1, 0.15) is 22.8 Å². The van der Waals surface area contributed by atoms with Crippen molar-refractivity contribution in [2.24, 2.45) is 11.8 Å². The van der Waals surface area contributed by atoms with Crippen LogP contribution in [0.5, 0.6) is 17.2 Å². The van der Waals surface area contributed by atoms with Gasteiger partial charge in [0.15, 0.2) is 5.82 Å². The lowest BCUT2D eigenvalue weighted by Crippen LogP contribution is -2.40. The van der Waals surface area contributed by atoms with Crippen LogP contribution in [-0.4, -0.2) is 41.1 Å². The number of anilines is 2. The van der Waals surface area contributed by atoms with Gasteiger partial charge in [0.05, 0.1) is 27.2 Å². The van der Waals surface area contributed by atoms with E-state index in [2.05, 4.69) is 37.9 Å². The summed E-state index contributed by atoms with van der Waals surface area (Å²) in [6, 6.07) is 11.0. The molecule has 9 nitrogen and oxygen atoms in total. The van der Waals surface area contributed by atoms with Crippen LogP contribution in [-0.2, 0) is 11.3 Å². The minimum Gasteiger partial charge on any atom is -0.497 e. The smallest absolute Gasteiger partial charge is 0.246 e. The van der Waals surface area contributed by atoms with Gasteiger partial charge < -0.3 is 19.5 Å². The van der Waals surface area contributed by atoms with Gasteiger partial charge in [-0.1, -0.05) is 28.7 Å². The third-order valence-electron chi connectivity index (χ3n) is 5.32. The van der Waals surface area contributed by atoms with Crippen molar-refractivity contribution in [1.82, 2.24) is 9.97 Å². The second kappa shape index (κ2) is 9.33. The third kappa shape index (κ3) is 4.37. The Morgan fingerprint density at radius 3 is 2.56 bits per heavy atom. The van der Waals surface area contributed by atoms with E-state index in [0.717, 1.165) is 17.0 Å². The molecule has 0 spiro atoms. The molecule has 168 valence electrons. The Hall–Kier alpha value is -2.86. The fourth-order valence-corrected chi connectivity index (χ4v) is 4.27. The molecule has 2 unspecified atom stereocenters. The van der Waals surface area contributed by atoms with E-state index in [1.165, 1.54) is 0 Å². The summed E-state index contributed by atoms with van der Waals surface area (Å²) in [6.07, 6.45) is 0.821. The highest BCUT2D eigenvalue weighted by Crippen LogP contribution is 2.40. The summed E-state index contributed by atoms with van der Waals surface area (Å²) in [5.41, 5.74) is 1.46. The molecule has 0 aliphatic heterocycles. The molecule has 3 N–H and O–H groups in total. The summed E-state index contributed by atoms with van der Waals surface area (Å²) in [7, 11) is 4.78. The number of fused-ring (bicyclic) bond motifs is 1. The summed E-state index contributed by atoms with van der Waals surface area (Å²) in [5, 5.41) is 4.98. The fraction of sp³-hybridized carbons (Fsp3) is 0.318. The van der Waals surface area contributed by atoms with Gasteiger partial charge in [0.2, 0.25) is 11.9 Å². The predicted molar refractivity (Wildman–Crippen MR) is 131 cm³/mol. The number of ether oxygens (including phenoxy) is 3. The molecular weight excluding hydrogens is 525 g/mol. The van der Waals surface area contributed by atoms with Crippen molar-refractivity contribution in [2.75, 3.05) is 31.7 Å². The number of methoxy groups -OCH3 is 3. The topological polar surface area (TPSA) is 112 Å². The molecule has 3 aromatic rings. The molecule has 1 aromatic heterocycles. The molecule has 32 heavy (non-hydrogen) atoms. The predicted octanol–water partition coefficient (Wildman–Crippen LogP) is 3.30. The summed E-state index contributed by atoms with van der Waals surface area (Å²) >= 11 is 2.26. The van der Waals surface area contributed by atoms with Gasteiger partial charge in [0, 0.05) is 27.5 Å². The van der Waals surface area contributed by atoms with Crippen LogP contribution in [0.3, 0.4) is 0 Å². The van der Waals surface area contributed by atoms with Crippen molar-refractivity contribution in [2.45, 2.75) is 16.9 Å². The monoisotopic (exact) mass is 549 g/mol. The van der Waals surface area contributed by atoms with Crippen LogP contribution >= 0.6 is 22.6 Å². The van der Waals surface area contributed by atoms with E-state index in [1.54, 1.807) is 27.4 Å². The third-order valence-corrected chi connectivity index (χ3v) is 6.69. The van der Waals surface area contributed by atoms with Crippen LogP contribution in [0.25, 0.3) is 10.9 Å². The van der Waals surface area contributed by atoms with Crippen LogP contribution < -0.4 is 30.4 Å². The van der Waals surface area contributed by atoms with Gasteiger partial charge in [0.25, 0.3) is 0 Å². The van der Waals surface area contributed by atoms with Crippen LogP contribution in [0.2, 0.25) is 0 Å². The Morgan fingerprint density at radius 1 is 1.16 bits per heavy atom. The van der Waals surface area contributed by atoms with Crippen molar-refractivity contribution in [1.29, 1.82) is 0 Å². The number of hydrogen-bond donors (Lipinski definition) is 2. The number of amides is 1. The average Bonchev–Trinajstić information content (AvgIpc) is 3.56. The van der Waals surface area contributed by atoms with E-state index in [9.17, 15) is 4.79 Å². The Kier molecular flexibility index (Phi) is 6.51. The lowest BCUT2D eigenvalue weighted by molar-refractivity contribution is -0.119. The van der Waals surface area contributed by atoms with E-state index >= 15 is 0 Å². The number of hydrogen-bond acceptors (Lipinski definition) is 8. The number of hydrazine groups is 1. The van der Waals surface area contributed by atoms with Crippen molar-refractivity contribution in [3.63, 3.8) is 0 Å². The van der Waals surface area contributed by atoms with Crippen LogP contribution in [0, 0.1) is 5.92 Å². The fourth-order valence-electron chi connectivity index (χ4n) is 3.41. The second-order valence-electron chi connectivity index (χ2n) is 7.33. The maximum absolute atomic E-state index is 12.8. The van der Waals surface area contributed by atoms with E-state index in [-0.39, 0.29) is 11.8 Å². The first-order valence-corrected chi connectivity index (χ1v) is 11.2. The number of benzene rings is 2. The molecular formula is C22H24IN5O4. The number of alkyl halides is 1. The normalized spacial score (nSPS) is 17.0. The molecule has 2 aromatic carbocycles. The summed E-state index contributed by atoms with van der Waals surface area (Å²) in [5.74, 6) is 8.59.